The Labute approximate surface area is 188 Å². The van der Waals surface area contributed by atoms with Crippen LogP contribution in [-0.4, -0.2) is 55.9 Å². The number of rotatable bonds is 5. The van der Waals surface area contributed by atoms with E-state index in [9.17, 15) is 9.90 Å². The molecule has 2 N–H and O–H groups in total. The number of aliphatic hydroxyl groups is 1. The molecule has 0 bridgehead atoms. The van der Waals surface area contributed by atoms with E-state index in [1.165, 1.54) is 17.5 Å². The van der Waals surface area contributed by atoms with Crippen molar-refractivity contribution in [2.45, 2.75) is 44.4 Å². The second-order valence-corrected chi connectivity index (χ2v) is 8.85. The minimum Gasteiger partial charge on any atom is -0.390 e. The fraction of sp³-hybridized carbons (Fsp3) is 0.400. The molecule has 0 saturated heterocycles. The fourth-order valence-corrected chi connectivity index (χ4v) is 5.02. The molecule has 2 aromatic carbocycles. The first kappa shape index (κ1) is 20.8. The summed E-state index contributed by atoms with van der Waals surface area (Å²) in [5.41, 5.74) is 5.31. The zero-order valence-corrected chi connectivity index (χ0v) is 18.5. The Bertz CT molecular complexity index is 1140. The van der Waals surface area contributed by atoms with Gasteiger partial charge in [-0.1, -0.05) is 37.3 Å². The van der Waals surface area contributed by atoms with Crippen LogP contribution in [0, 0.1) is 0 Å². The molecule has 3 aromatic rings. The number of fused-ring (bicyclic) bond motifs is 2. The quantitative estimate of drug-likeness (QED) is 0.649. The van der Waals surface area contributed by atoms with Crippen LogP contribution in [0.5, 0.6) is 0 Å². The molecule has 3 atom stereocenters. The Kier molecular flexibility index (Phi) is 5.53. The van der Waals surface area contributed by atoms with Gasteiger partial charge in [0.25, 0.3) is 5.91 Å². The van der Waals surface area contributed by atoms with Crippen LogP contribution in [0.25, 0.3) is 11.4 Å². The Morgan fingerprint density at radius 1 is 1.22 bits per heavy atom. The number of carbonyl (C=O) groups is 1. The van der Waals surface area contributed by atoms with Crippen molar-refractivity contribution in [1.29, 1.82) is 0 Å². The summed E-state index contributed by atoms with van der Waals surface area (Å²) in [5, 5.41) is 18.6. The Morgan fingerprint density at radius 3 is 2.78 bits per heavy atom. The van der Waals surface area contributed by atoms with Gasteiger partial charge in [0.15, 0.2) is 5.82 Å². The van der Waals surface area contributed by atoms with Gasteiger partial charge in [0.05, 0.1) is 6.10 Å². The second-order valence-electron chi connectivity index (χ2n) is 8.85. The molecule has 166 valence electrons. The molecule has 5 rings (SSSR count). The van der Waals surface area contributed by atoms with Crippen LogP contribution in [0.15, 0.2) is 48.8 Å². The number of nitrogens with one attached hydrogen (secondary N) is 1. The lowest BCUT2D eigenvalue weighted by Crippen LogP contribution is -2.52. The average Bonchev–Trinajstić information content (AvgIpc) is 3.26. The van der Waals surface area contributed by atoms with Gasteiger partial charge in [-0.25, -0.2) is 9.67 Å². The zero-order chi connectivity index (χ0) is 22.2. The molecule has 7 heteroatoms. The molecule has 7 nitrogen and oxygen atoms in total. The molecular weight excluding hydrogens is 402 g/mol. The fourth-order valence-electron chi connectivity index (χ4n) is 5.02. The van der Waals surface area contributed by atoms with Gasteiger partial charge in [0.1, 0.15) is 6.33 Å². The highest BCUT2D eigenvalue weighted by atomic mass is 16.3. The number of carbonyl (C=O) groups excluding carboxylic acids is 1. The third kappa shape index (κ3) is 3.72. The van der Waals surface area contributed by atoms with Gasteiger partial charge in [-0.3, -0.25) is 4.79 Å². The number of aryl methyl sites for hydroxylation is 1. The van der Waals surface area contributed by atoms with Gasteiger partial charge < -0.3 is 15.3 Å². The van der Waals surface area contributed by atoms with Gasteiger partial charge in [0, 0.05) is 49.8 Å². The average molecular weight is 432 g/mol. The maximum atomic E-state index is 13.3. The van der Waals surface area contributed by atoms with Crippen molar-refractivity contribution in [3.63, 3.8) is 0 Å². The van der Waals surface area contributed by atoms with E-state index in [0.29, 0.717) is 13.1 Å². The Balaban J connectivity index is 1.35. The zero-order valence-electron chi connectivity index (χ0n) is 18.5. The van der Waals surface area contributed by atoms with E-state index < -0.39 is 6.10 Å². The number of benzene rings is 2. The van der Waals surface area contributed by atoms with Crippen molar-refractivity contribution in [2.75, 3.05) is 13.1 Å². The summed E-state index contributed by atoms with van der Waals surface area (Å²) < 4.78 is 1.74. The summed E-state index contributed by atoms with van der Waals surface area (Å²) in [6, 6.07) is 14.2. The molecule has 0 aliphatic carbocycles. The molecule has 2 aliphatic heterocycles. The van der Waals surface area contributed by atoms with Crippen LogP contribution in [0.3, 0.4) is 0 Å². The van der Waals surface area contributed by atoms with E-state index in [-0.39, 0.29) is 17.9 Å². The van der Waals surface area contributed by atoms with Crippen LogP contribution >= 0.6 is 0 Å². The molecule has 3 heterocycles. The molecule has 1 amide bonds. The summed E-state index contributed by atoms with van der Waals surface area (Å²) in [6.45, 7) is 3.84. The minimum atomic E-state index is -0.621. The smallest absolute Gasteiger partial charge is 0.254 e. The monoisotopic (exact) mass is 431 g/mol. The van der Waals surface area contributed by atoms with Crippen molar-refractivity contribution in [3.05, 3.63) is 71.0 Å². The molecule has 0 fully saturated rings. The lowest BCUT2D eigenvalue weighted by atomic mass is 9.85. The Hall–Kier alpha value is -3.03. The van der Waals surface area contributed by atoms with Crippen molar-refractivity contribution in [1.82, 2.24) is 25.0 Å². The third-order valence-corrected chi connectivity index (χ3v) is 6.90. The van der Waals surface area contributed by atoms with Crippen LogP contribution in [-0.2, 0) is 20.0 Å². The first-order valence-electron chi connectivity index (χ1n) is 11.3. The molecule has 1 aromatic heterocycles. The van der Waals surface area contributed by atoms with Gasteiger partial charge in [-0.05, 0) is 41.7 Å². The molecule has 2 aliphatic rings. The highest BCUT2D eigenvalue weighted by Crippen LogP contribution is 2.34. The molecule has 0 saturated carbocycles. The lowest BCUT2D eigenvalue weighted by molar-refractivity contribution is 0.0484. The largest absolute Gasteiger partial charge is 0.390 e. The number of amides is 1. The van der Waals surface area contributed by atoms with E-state index in [0.717, 1.165) is 41.9 Å². The van der Waals surface area contributed by atoms with Crippen molar-refractivity contribution >= 4 is 5.91 Å². The van der Waals surface area contributed by atoms with Gasteiger partial charge in [0.2, 0.25) is 0 Å². The maximum Gasteiger partial charge on any atom is 0.254 e. The number of nitrogens with zero attached hydrogens (tertiary/aromatic N) is 4. The molecule has 32 heavy (non-hydrogen) atoms. The van der Waals surface area contributed by atoms with E-state index in [1.54, 1.807) is 4.68 Å². The normalized spacial score (nSPS) is 21.2. The number of β-amino-alcohol motifs (C(OH)–C–C–N with tert-alkyl or cyclic N) is 1. The maximum absolute atomic E-state index is 13.3. The molecular formula is C25H29N5O2. The molecule has 0 spiro atoms. The van der Waals surface area contributed by atoms with E-state index in [1.807, 2.05) is 36.2 Å². The van der Waals surface area contributed by atoms with Crippen molar-refractivity contribution < 1.29 is 9.90 Å². The first-order chi connectivity index (χ1) is 15.5. The van der Waals surface area contributed by atoms with Crippen LogP contribution in [0.2, 0.25) is 0 Å². The van der Waals surface area contributed by atoms with Crippen molar-refractivity contribution in [2.24, 2.45) is 7.05 Å². The lowest BCUT2D eigenvalue weighted by Gasteiger charge is -2.38. The van der Waals surface area contributed by atoms with E-state index >= 15 is 0 Å². The summed E-state index contributed by atoms with van der Waals surface area (Å²) in [6.07, 6.45) is 2.61. The number of hydrogen-bond acceptors (Lipinski definition) is 5. The van der Waals surface area contributed by atoms with Crippen LogP contribution < -0.4 is 5.32 Å². The molecule has 0 unspecified atom stereocenters. The summed E-state index contributed by atoms with van der Waals surface area (Å²) in [4.78, 5) is 19.5. The van der Waals surface area contributed by atoms with E-state index in [4.69, 9.17) is 0 Å². The number of aliphatic hydroxyl groups excluding tert-OH is 1. The molecule has 0 radical (unpaired) electrons. The van der Waals surface area contributed by atoms with Crippen LogP contribution in [0.4, 0.5) is 0 Å². The second kappa shape index (κ2) is 8.48. The van der Waals surface area contributed by atoms with Crippen LogP contribution in [0.1, 0.15) is 46.3 Å². The third-order valence-electron chi connectivity index (χ3n) is 6.90. The topological polar surface area (TPSA) is 83.3 Å². The summed E-state index contributed by atoms with van der Waals surface area (Å²) >= 11 is 0. The first-order valence-corrected chi connectivity index (χ1v) is 11.3. The predicted octanol–water partition coefficient (Wildman–Crippen LogP) is 2.51. The minimum absolute atomic E-state index is 0.00975. The summed E-state index contributed by atoms with van der Waals surface area (Å²) in [7, 11) is 1.87. The predicted molar refractivity (Wildman–Crippen MR) is 122 cm³/mol. The SMILES string of the molecule is CC[C@@H]1CN(C[C@H](O)[C@@H]2Cc3ccccc3CN2)C(=O)c2ccc(-c3ncnn3C)cc21. The van der Waals surface area contributed by atoms with E-state index in [2.05, 4.69) is 40.5 Å². The van der Waals surface area contributed by atoms with Gasteiger partial charge in [-0.15, -0.1) is 0 Å². The summed E-state index contributed by atoms with van der Waals surface area (Å²) in [5.74, 6) is 1.00. The Morgan fingerprint density at radius 2 is 2.03 bits per heavy atom. The number of hydrogen-bond donors (Lipinski definition) is 2. The van der Waals surface area contributed by atoms with Crippen molar-refractivity contribution in [3.8, 4) is 11.4 Å². The highest BCUT2D eigenvalue weighted by molar-refractivity contribution is 5.97. The van der Waals surface area contributed by atoms with Gasteiger partial charge >= 0.3 is 0 Å². The number of aromatic nitrogens is 3. The highest BCUT2D eigenvalue weighted by Gasteiger charge is 2.34. The van der Waals surface area contributed by atoms with Gasteiger partial charge in [-0.2, -0.15) is 5.10 Å². The standard InChI is InChI=1S/C25H29N5O2/c1-3-16-13-30(14-23(31)22-11-17-6-4-5-7-19(17)12-26-22)25(32)20-9-8-18(10-21(16)20)24-27-15-28-29(24)2/h4-10,15-16,22-23,26,31H,3,11-14H2,1-2H3/t16-,22+,23+/m1/s1.